The normalized spacial score (nSPS) is 10.7. The number of halogens is 2. The Morgan fingerprint density at radius 3 is 2.17 bits per heavy atom. The summed E-state index contributed by atoms with van der Waals surface area (Å²) in [6.07, 6.45) is 1.39. The van der Waals surface area contributed by atoms with Crippen LogP contribution >= 0.6 is 23.2 Å². The molecule has 2 N–H and O–H groups in total. The Labute approximate surface area is 178 Å². The first-order valence-electron chi connectivity index (χ1n) is 8.69. The Hall–Kier alpha value is -3.15. The van der Waals surface area contributed by atoms with E-state index in [1.807, 2.05) is 19.1 Å². The molecule has 0 aliphatic carbocycles. The average molecular weight is 426 g/mol. The molecule has 146 valence electrons. The van der Waals surface area contributed by atoms with Gasteiger partial charge in [0.25, 0.3) is 11.8 Å². The Morgan fingerprint density at radius 1 is 0.862 bits per heavy atom. The number of hydrogen-bond acceptors (Lipinski definition) is 3. The molecule has 0 aliphatic rings. The summed E-state index contributed by atoms with van der Waals surface area (Å²) in [5.41, 5.74) is 5.48. The minimum Gasteiger partial charge on any atom is -0.322 e. The molecule has 0 aliphatic heterocycles. The lowest BCUT2D eigenvalue weighted by molar-refractivity contribution is 0.0954. The number of carbonyl (C=O) groups is 2. The Kier molecular flexibility index (Phi) is 6.65. The third-order valence-corrected chi connectivity index (χ3v) is 4.70. The summed E-state index contributed by atoms with van der Waals surface area (Å²) < 4.78 is 0. The first kappa shape index (κ1) is 20.6. The zero-order chi connectivity index (χ0) is 20.8. The number of nitrogens with zero attached hydrogens (tertiary/aromatic N) is 1. The van der Waals surface area contributed by atoms with Crippen molar-refractivity contribution in [2.24, 2.45) is 5.10 Å². The molecular weight excluding hydrogens is 409 g/mol. The molecule has 7 heteroatoms. The third kappa shape index (κ3) is 5.44. The summed E-state index contributed by atoms with van der Waals surface area (Å²) >= 11 is 12.1. The van der Waals surface area contributed by atoms with Gasteiger partial charge in [-0.05, 0) is 55.5 Å². The van der Waals surface area contributed by atoms with E-state index in [0.717, 1.165) is 5.56 Å². The maximum absolute atomic E-state index is 12.3. The van der Waals surface area contributed by atoms with E-state index < -0.39 is 5.91 Å². The zero-order valence-electron chi connectivity index (χ0n) is 15.4. The second kappa shape index (κ2) is 9.37. The van der Waals surface area contributed by atoms with Crippen LogP contribution < -0.4 is 10.7 Å². The number of hydrazone groups is 1. The number of nitrogens with one attached hydrogen (secondary N) is 2. The molecule has 0 heterocycles. The van der Waals surface area contributed by atoms with Crippen LogP contribution in [0.25, 0.3) is 0 Å². The molecule has 0 radical (unpaired) electrons. The van der Waals surface area contributed by atoms with Crippen molar-refractivity contribution in [1.29, 1.82) is 0 Å². The first-order valence-corrected chi connectivity index (χ1v) is 9.45. The van der Waals surface area contributed by atoms with E-state index in [1.54, 1.807) is 54.6 Å². The second-order valence-corrected chi connectivity index (χ2v) is 7.05. The Balaban J connectivity index is 1.61. The van der Waals surface area contributed by atoms with Gasteiger partial charge in [0, 0.05) is 22.4 Å². The minimum atomic E-state index is -0.402. The van der Waals surface area contributed by atoms with E-state index in [4.69, 9.17) is 23.2 Å². The highest BCUT2D eigenvalue weighted by atomic mass is 35.5. The van der Waals surface area contributed by atoms with Gasteiger partial charge in [-0.2, -0.15) is 5.10 Å². The zero-order valence-corrected chi connectivity index (χ0v) is 17.0. The van der Waals surface area contributed by atoms with Crippen LogP contribution in [-0.2, 0) is 0 Å². The molecule has 0 bridgehead atoms. The van der Waals surface area contributed by atoms with Gasteiger partial charge < -0.3 is 5.32 Å². The summed E-state index contributed by atoms with van der Waals surface area (Å²) in [6.45, 7) is 1.92. The predicted octanol–water partition coefficient (Wildman–Crippen LogP) is 5.32. The lowest BCUT2D eigenvalue weighted by atomic mass is 10.1. The van der Waals surface area contributed by atoms with E-state index in [2.05, 4.69) is 15.8 Å². The Morgan fingerprint density at radius 2 is 1.52 bits per heavy atom. The van der Waals surface area contributed by atoms with Crippen LogP contribution in [0.2, 0.25) is 10.0 Å². The quantitative estimate of drug-likeness (QED) is 0.428. The molecule has 3 rings (SSSR count). The fraction of sp³-hybridized carbons (Fsp3) is 0.0455. The number of benzene rings is 3. The van der Waals surface area contributed by atoms with Crippen LogP contribution in [-0.4, -0.2) is 18.0 Å². The Bertz CT molecular complexity index is 1060. The van der Waals surface area contributed by atoms with Gasteiger partial charge >= 0.3 is 0 Å². The van der Waals surface area contributed by atoms with E-state index in [9.17, 15) is 9.59 Å². The van der Waals surface area contributed by atoms with Gasteiger partial charge in [-0.25, -0.2) is 5.43 Å². The highest BCUT2D eigenvalue weighted by molar-refractivity contribution is 6.38. The van der Waals surface area contributed by atoms with Crippen LogP contribution in [0.1, 0.15) is 31.8 Å². The maximum atomic E-state index is 12.3. The van der Waals surface area contributed by atoms with Gasteiger partial charge in [0.05, 0.1) is 16.3 Å². The number of amides is 2. The second-order valence-electron chi connectivity index (χ2n) is 6.24. The smallest absolute Gasteiger partial charge is 0.271 e. The number of rotatable bonds is 5. The minimum absolute atomic E-state index is 0.216. The van der Waals surface area contributed by atoms with Crippen molar-refractivity contribution in [2.45, 2.75) is 6.92 Å². The molecular formula is C22H17Cl2N3O2. The highest BCUT2D eigenvalue weighted by Crippen LogP contribution is 2.22. The van der Waals surface area contributed by atoms with Crippen molar-refractivity contribution in [3.8, 4) is 0 Å². The van der Waals surface area contributed by atoms with Crippen LogP contribution in [0.4, 0.5) is 5.69 Å². The number of aryl methyl sites for hydroxylation is 1. The molecule has 0 saturated carbocycles. The summed E-state index contributed by atoms with van der Waals surface area (Å²) in [7, 11) is 0. The van der Waals surface area contributed by atoms with Crippen molar-refractivity contribution in [1.82, 2.24) is 5.43 Å². The van der Waals surface area contributed by atoms with Crippen molar-refractivity contribution in [2.75, 3.05) is 5.32 Å². The van der Waals surface area contributed by atoms with Gasteiger partial charge in [0.2, 0.25) is 0 Å². The molecule has 0 fully saturated rings. The molecule has 5 nitrogen and oxygen atoms in total. The summed E-state index contributed by atoms with van der Waals surface area (Å²) in [5.74, 6) is -0.617. The SMILES string of the molecule is Cc1cccc(C(=O)Nc2ccc(C(=O)NN=Cc3c(Cl)cccc3Cl)cc2)c1. The van der Waals surface area contributed by atoms with E-state index in [1.165, 1.54) is 6.21 Å². The summed E-state index contributed by atoms with van der Waals surface area (Å²) in [6, 6.07) is 18.9. The molecule has 0 atom stereocenters. The van der Waals surface area contributed by atoms with E-state index in [-0.39, 0.29) is 5.91 Å². The van der Waals surface area contributed by atoms with Crippen molar-refractivity contribution >= 4 is 46.9 Å². The van der Waals surface area contributed by atoms with E-state index in [0.29, 0.717) is 32.4 Å². The average Bonchev–Trinajstić information content (AvgIpc) is 2.70. The van der Waals surface area contributed by atoms with Gasteiger partial charge in [0.15, 0.2) is 0 Å². The maximum Gasteiger partial charge on any atom is 0.271 e. The van der Waals surface area contributed by atoms with Crippen LogP contribution in [0.5, 0.6) is 0 Å². The van der Waals surface area contributed by atoms with Gasteiger partial charge in [-0.1, -0.05) is 47.0 Å². The van der Waals surface area contributed by atoms with Gasteiger partial charge in [0.1, 0.15) is 0 Å². The predicted molar refractivity (Wildman–Crippen MR) is 117 cm³/mol. The van der Waals surface area contributed by atoms with Crippen molar-refractivity contribution in [3.63, 3.8) is 0 Å². The largest absolute Gasteiger partial charge is 0.322 e. The van der Waals surface area contributed by atoms with Gasteiger partial charge in [-0.15, -0.1) is 0 Å². The van der Waals surface area contributed by atoms with Crippen LogP contribution in [0.15, 0.2) is 71.8 Å². The summed E-state index contributed by atoms with van der Waals surface area (Å²) in [4.78, 5) is 24.5. The standard InChI is InChI=1S/C22H17Cl2N3O2/c1-14-4-2-5-16(12-14)21(28)26-17-10-8-15(9-11-17)22(29)27-25-13-18-19(23)6-3-7-20(18)24/h2-13H,1H3,(H,26,28)(H,27,29). The van der Waals surface area contributed by atoms with Crippen LogP contribution in [0.3, 0.4) is 0 Å². The highest BCUT2D eigenvalue weighted by Gasteiger charge is 2.08. The van der Waals surface area contributed by atoms with Crippen molar-refractivity contribution < 1.29 is 9.59 Å². The molecule has 0 unspecified atom stereocenters. The van der Waals surface area contributed by atoms with Gasteiger partial charge in [-0.3, -0.25) is 9.59 Å². The molecule has 3 aromatic rings. The third-order valence-electron chi connectivity index (χ3n) is 4.04. The molecule has 2 amide bonds. The topological polar surface area (TPSA) is 70.6 Å². The van der Waals surface area contributed by atoms with E-state index >= 15 is 0 Å². The molecule has 29 heavy (non-hydrogen) atoms. The number of carbonyl (C=O) groups excluding carboxylic acids is 2. The van der Waals surface area contributed by atoms with Crippen molar-refractivity contribution in [3.05, 3.63) is 99.0 Å². The lowest BCUT2D eigenvalue weighted by Gasteiger charge is -2.07. The molecule has 0 spiro atoms. The number of anilines is 1. The summed E-state index contributed by atoms with van der Waals surface area (Å²) in [5, 5.41) is 7.56. The van der Waals surface area contributed by atoms with Crippen LogP contribution in [0, 0.1) is 6.92 Å². The first-order chi connectivity index (χ1) is 13.9. The fourth-order valence-electron chi connectivity index (χ4n) is 2.55. The number of hydrogen-bond donors (Lipinski definition) is 2. The monoisotopic (exact) mass is 425 g/mol. The molecule has 3 aromatic carbocycles. The molecule has 0 saturated heterocycles. The lowest BCUT2D eigenvalue weighted by Crippen LogP contribution is -2.18. The fourth-order valence-corrected chi connectivity index (χ4v) is 3.04. The molecule has 0 aromatic heterocycles.